The number of amides is 2. The van der Waals surface area contributed by atoms with Gasteiger partial charge in [0, 0.05) is 6.54 Å². The monoisotopic (exact) mass is 327 g/mol. The number of ether oxygens (including phenoxy) is 1. The second-order valence-corrected chi connectivity index (χ2v) is 6.07. The van der Waals surface area contributed by atoms with Crippen molar-refractivity contribution in [1.82, 2.24) is 10.3 Å². The zero-order valence-electron chi connectivity index (χ0n) is 12.9. The topological polar surface area (TPSA) is 63.2 Å². The standard InChI is InChI=1S/C17H17N3O2S/c1-11-8-9-13(22-2)14-15(11)23-17(19-14)20-16(21)18-10-12-6-4-3-5-7-12/h3-9H,10H2,1-2H3,(H2,18,19,20,21). The minimum Gasteiger partial charge on any atom is -0.494 e. The minimum absolute atomic E-state index is 0.274. The molecule has 118 valence electrons. The molecule has 23 heavy (non-hydrogen) atoms. The molecular formula is C17H17N3O2S. The van der Waals surface area contributed by atoms with Crippen molar-refractivity contribution in [1.29, 1.82) is 0 Å². The van der Waals surface area contributed by atoms with Gasteiger partial charge < -0.3 is 10.1 Å². The third kappa shape index (κ3) is 3.43. The lowest BCUT2D eigenvalue weighted by Gasteiger charge is -2.05. The van der Waals surface area contributed by atoms with Crippen LogP contribution in [0.1, 0.15) is 11.1 Å². The number of nitrogens with zero attached hydrogens (tertiary/aromatic N) is 1. The van der Waals surface area contributed by atoms with Crippen LogP contribution in [-0.4, -0.2) is 18.1 Å². The summed E-state index contributed by atoms with van der Waals surface area (Å²) in [5, 5.41) is 6.16. The Bertz CT molecular complexity index is 830. The number of carbonyl (C=O) groups excluding carboxylic acids is 1. The van der Waals surface area contributed by atoms with E-state index in [4.69, 9.17) is 4.74 Å². The van der Waals surface area contributed by atoms with E-state index in [1.807, 2.05) is 49.4 Å². The van der Waals surface area contributed by atoms with Crippen molar-refractivity contribution in [3.8, 4) is 5.75 Å². The highest BCUT2D eigenvalue weighted by Crippen LogP contribution is 2.34. The molecule has 0 aliphatic carbocycles. The van der Waals surface area contributed by atoms with E-state index < -0.39 is 0 Å². The minimum atomic E-state index is -0.274. The van der Waals surface area contributed by atoms with E-state index in [-0.39, 0.29) is 6.03 Å². The van der Waals surface area contributed by atoms with E-state index in [0.29, 0.717) is 17.4 Å². The Balaban J connectivity index is 1.71. The van der Waals surface area contributed by atoms with Gasteiger partial charge in [-0.05, 0) is 24.1 Å². The molecule has 1 heterocycles. The molecule has 1 aromatic heterocycles. The first-order valence-corrected chi connectivity index (χ1v) is 8.02. The van der Waals surface area contributed by atoms with Crippen LogP contribution in [0.15, 0.2) is 42.5 Å². The van der Waals surface area contributed by atoms with Crippen LogP contribution in [0.4, 0.5) is 9.93 Å². The predicted molar refractivity (Wildman–Crippen MR) is 93.2 cm³/mol. The Labute approximate surface area is 138 Å². The normalized spacial score (nSPS) is 10.5. The maximum Gasteiger partial charge on any atom is 0.321 e. The molecule has 0 saturated heterocycles. The van der Waals surface area contributed by atoms with Gasteiger partial charge in [-0.25, -0.2) is 9.78 Å². The third-order valence-electron chi connectivity index (χ3n) is 3.44. The molecule has 6 heteroatoms. The zero-order chi connectivity index (χ0) is 16.2. The number of rotatable bonds is 4. The third-order valence-corrected chi connectivity index (χ3v) is 4.55. The number of anilines is 1. The van der Waals surface area contributed by atoms with Crippen molar-refractivity contribution >= 4 is 32.7 Å². The Morgan fingerprint density at radius 2 is 2.00 bits per heavy atom. The average Bonchev–Trinajstić information content (AvgIpc) is 2.99. The van der Waals surface area contributed by atoms with Crippen molar-refractivity contribution in [2.24, 2.45) is 0 Å². The number of thiazole rings is 1. The first-order chi connectivity index (χ1) is 11.2. The van der Waals surface area contributed by atoms with Crippen LogP contribution in [0.3, 0.4) is 0 Å². The van der Waals surface area contributed by atoms with Crippen LogP contribution in [0, 0.1) is 6.92 Å². The van der Waals surface area contributed by atoms with Gasteiger partial charge in [-0.15, -0.1) is 0 Å². The van der Waals surface area contributed by atoms with Crippen molar-refractivity contribution in [3.63, 3.8) is 0 Å². The van der Waals surface area contributed by atoms with Gasteiger partial charge in [0.2, 0.25) is 0 Å². The van der Waals surface area contributed by atoms with E-state index in [2.05, 4.69) is 15.6 Å². The predicted octanol–water partition coefficient (Wildman–Crippen LogP) is 3.94. The quantitative estimate of drug-likeness (QED) is 0.763. The first kappa shape index (κ1) is 15.3. The second kappa shape index (κ2) is 6.66. The summed E-state index contributed by atoms with van der Waals surface area (Å²) in [7, 11) is 1.61. The fraction of sp³-hybridized carbons (Fsp3) is 0.176. The van der Waals surface area contributed by atoms with Crippen molar-refractivity contribution in [2.75, 3.05) is 12.4 Å². The number of nitrogens with one attached hydrogen (secondary N) is 2. The zero-order valence-corrected chi connectivity index (χ0v) is 13.7. The second-order valence-electron chi connectivity index (χ2n) is 5.07. The summed E-state index contributed by atoms with van der Waals surface area (Å²) < 4.78 is 6.34. The maximum absolute atomic E-state index is 12.0. The van der Waals surface area contributed by atoms with E-state index in [9.17, 15) is 4.79 Å². The van der Waals surface area contributed by atoms with Crippen molar-refractivity contribution in [2.45, 2.75) is 13.5 Å². The molecule has 0 spiro atoms. The maximum atomic E-state index is 12.0. The van der Waals surface area contributed by atoms with Gasteiger partial charge in [0.1, 0.15) is 11.3 Å². The van der Waals surface area contributed by atoms with E-state index in [1.54, 1.807) is 7.11 Å². The van der Waals surface area contributed by atoms with Crippen LogP contribution in [0.25, 0.3) is 10.2 Å². The largest absolute Gasteiger partial charge is 0.494 e. The summed E-state index contributed by atoms with van der Waals surface area (Å²) >= 11 is 1.44. The summed E-state index contributed by atoms with van der Waals surface area (Å²) in [4.78, 5) is 16.5. The molecule has 2 aromatic carbocycles. The summed E-state index contributed by atoms with van der Waals surface area (Å²) in [5.41, 5.74) is 2.93. The SMILES string of the molecule is COc1ccc(C)c2sc(NC(=O)NCc3ccccc3)nc12. The fourth-order valence-corrected chi connectivity index (χ4v) is 3.19. The lowest BCUT2D eigenvalue weighted by Crippen LogP contribution is -2.28. The number of hydrogen-bond donors (Lipinski definition) is 2. The Morgan fingerprint density at radius 1 is 1.22 bits per heavy atom. The van der Waals surface area contributed by atoms with E-state index >= 15 is 0 Å². The Hall–Kier alpha value is -2.60. The van der Waals surface area contributed by atoms with Gasteiger partial charge in [-0.1, -0.05) is 47.7 Å². The van der Waals surface area contributed by atoms with Crippen LogP contribution in [0.2, 0.25) is 0 Å². The number of aromatic nitrogens is 1. The van der Waals surface area contributed by atoms with Crippen molar-refractivity contribution in [3.05, 3.63) is 53.6 Å². The Kier molecular flexibility index (Phi) is 4.43. The van der Waals surface area contributed by atoms with Gasteiger partial charge >= 0.3 is 6.03 Å². The molecule has 3 aromatic rings. The van der Waals surface area contributed by atoms with Gasteiger partial charge in [0.05, 0.1) is 11.8 Å². The smallest absolute Gasteiger partial charge is 0.321 e. The van der Waals surface area contributed by atoms with Crippen molar-refractivity contribution < 1.29 is 9.53 Å². The van der Waals surface area contributed by atoms with Gasteiger partial charge in [-0.3, -0.25) is 5.32 Å². The molecule has 0 aliphatic heterocycles. The van der Waals surface area contributed by atoms with Crippen LogP contribution in [-0.2, 0) is 6.54 Å². The number of benzene rings is 2. The molecule has 0 bridgehead atoms. The molecule has 2 amide bonds. The molecule has 0 aliphatic rings. The molecule has 0 atom stereocenters. The summed E-state index contributed by atoms with van der Waals surface area (Å²) in [6.45, 7) is 2.49. The highest BCUT2D eigenvalue weighted by atomic mass is 32.1. The molecule has 0 unspecified atom stereocenters. The molecule has 3 rings (SSSR count). The highest BCUT2D eigenvalue weighted by molar-refractivity contribution is 7.22. The van der Waals surface area contributed by atoms with Crippen LogP contribution >= 0.6 is 11.3 Å². The van der Waals surface area contributed by atoms with Gasteiger partial charge in [0.15, 0.2) is 5.13 Å². The molecule has 0 saturated carbocycles. The van der Waals surface area contributed by atoms with Gasteiger partial charge in [0.25, 0.3) is 0 Å². The number of methoxy groups -OCH3 is 1. The van der Waals surface area contributed by atoms with Crippen LogP contribution < -0.4 is 15.4 Å². The number of carbonyl (C=O) groups is 1. The average molecular weight is 327 g/mol. The molecular weight excluding hydrogens is 310 g/mol. The van der Waals surface area contributed by atoms with E-state index in [1.165, 1.54) is 11.3 Å². The summed E-state index contributed by atoms with van der Waals surface area (Å²) in [5.74, 6) is 0.708. The van der Waals surface area contributed by atoms with Gasteiger partial charge in [-0.2, -0.15) is 0 Å². The number of aryl methyl sites for hydroxylation is 1. The summed E-state index contributed by atoms with van der Waals surface area (Å²) in [6.07, 6.45) is 0. The fourth-order valence-electron chi connectivity index (χ4n) is 2.25. The highest BCUT2D eigenvalue weighted by Gasteiger charge is 2.12. The van der Waals surface area contributed by atoms with E-state index in [0.717, 1.165) is 21.3 Å². The summed E-state index contributed by atoms with van der Waals surface area (Å²) in [6, 6.07) is 13.4. The number of urea groups is 1. The molecule has 5 nitrogen and oxygen atoms in total. The molecule has 0 fully saturated rings. The molecule has 0 radical (unpaired) electrons. The Morgan fingerprint density at radius 3 is 2.74 bits per heavy atom. The molecule has 2 N–H and O–H groups in total. The number of fused-ring (bicyclic) bond motifs is 1. The lowest BCUT2D eigenvalue weighted by molar-refractivity contribution is 0.251. The first-order valence-electron chi connectivity index (χ1n) is 7.20. The number of hydrogen-bond acceptors (Lipinski definition) is 4. The van der Waals surface area contributed by atoms with Crippen LogP contribution in [0.5, 0.6) is 5.75 Å². The lowest BCUT2D eigenvalue weighted by atomic mass is 10.2.